The number of likely N-dealkylation sites (tertiary alicyclic amines) is 1. The van der Waals surface area contributed by atoms with Gasteiger partial charge in [-0.1, -0.05) is 18.2 Å². The largest absolute Gasteiger partial charge is 0.396 e. The number of aromatic nitrogens is 2. The number of aromatic amines is 1. The summed E-state index contributed by atoms with van der Waals surface area (Å²) in [4.78, 5) is 41.0. The van der Waals surface area contributed by atoms with E-state index in [1.807, 2.05) is 18.2 Å². The first-order valence-electron chi connectivity index (χ1n) is 10.8. The molecule has 1 atom stereocenters. The van der Waals surface area contributed by atoms with Crippen molar-refractivity contribution in [3.8, 4) is 0 Å². The van der Waals surface area contributed by atoms with E-state index in [9.17, 15) is 14.4 Å². The number of imide groups is 1. The molecule has 3 aliphatic heterocycles. The number of nitrogens with two attached hydrogens (primary N) is 1. The van der Waals surface area contributed by atoms with Crippen molar-refractivity contribution in [3.05, 3.63) is 46.8 Å². The average Bonchev–Trinajstić information content (AvgIpc) is 3.33. The Bertz CT molecular complexity index is 1040. The lowest BCUT2D eigenvalue weighted by molar-refractivity contribution is -0.136. The number of nitrogen functional groups attached to an aromatic ring is 1. The van der Waals surface area contributed by atoms with Crippen molar-refractivity contribution in [1.82, 2.24) is 25.3 Å². The van der Waals surface area contributed by atoms with Crippen LogP contribution in [-0.4, -0.2) is 56.9 Å². The van der Waals surface area contributed by atoms with Gasteiger partial charge in [0.15, 0.2) is 0 Å². The summed E-state index contributed by atoms with van der Waals surface area (Å²) in [6.07, 6.45) is 4.27. The molecule has 5 rings (SSSR count). The molecule has 2 saturated heterocycles. The zero-order valence-corrected chi connectivity index (χ0v) is 17.3. The maximum atomic E-state index is 13.2. The molecule has 0 aliphatic carbocycles. The van der Waals surface area contributed by atoms with E-state index in [1.54, 1.807) is 11.1 Å². The average molecular weight is 422 g/mol. The quantitative estimate of drug-likeness (QED) is 0.635. The van der Waals surface area contributed by atoms with Gasteiger partial charge in [-0.05, 0) is 43.5 Å². The SMILES string of the molecule is Nc1cn[nH]c1C1CCN(Cc2cccc3c2C(=O)N(C2CCC(=O)NC2=O)C3)CC1. The zero-order valence-electron chi connectivity index (χ0n) is 17.3. The molecule has 9 nitrogen and oxygen atoms in total. The standard InChI is InChI=1S/C22H26N6O3/c23-16-10-24-26-20(16)13-6-8-27(9-7-13)11-14-2-1-3-15-12-28(22(31)19(14)15)17-4-5-18(29)25-21(17)30/h1-3,10,13,17H,4-9,11-12,23H2,(H,24,26)(H,25,29,30). The highest BCUT2D eigenvalue weighted by atomic mass is 16.2. The van der Waals surface area contributed by atoms with Crippen LogP contribution in [0.4, 0.5) is 5.69 Å². The molecule has 2 fully saturated rings. The van der Waals surface area contributed by atoms with E-state index in [4.69, 9.17) is 5.73 Å². The molecule has 4 N–H and O–H groups in total. The first kappa shape index (κ1) is 19.7. The summed E-state index contributed by atoms with van der Waals surface area (Å²) in [6, 6.07) is 5.36. The minimum absolute atomic E-state index is 0.111. The number of fused-ring (bicyclic) bond motifs is 1. The number of anilines is 1. The fourth-order valence-electron chi connectivity index (χ4n) is 5.07. The molecule has 3 amide bonds. The number of hydrogen-bond acceptors (Lipinski definition) is 6. The second kappa shape index (κ2) is 7.81. The van der Waals surface area contributed by atoms with Crippen molar-refractivity contribution >= 4 is 23.4 Å². The Hall–Kier alpha value is -3.20. The maximum absolute atomic E-state index is 13.2. The molecule has 0 spiro atoms. The smallest absolute Gasteiger partial charge is 0.255 e. The number of nitrogens with one attached hydrogen (secondary N) is 2. The molecule has 1 unspecified atom stereocenters. The number of rotatable bonds is 4. The van der Waals surface area contributed by atoms with Gasteiger partial charge in [-0.15, -0.1) is 0 Å². The summed E-state index contributed by atoms with van der Waals surface area (Å²) in [5.74, 6) is -0.379. The molecule has 0 bridgehead atoms. The van der Waals surface area contributed by atoms with Gasteiger partial charge in [0, 0.05) is 31.0 Å². The molecule has 31 heavy (non-hydrogen) atoms. The second-order valence-corrected chi connectivity index (χ2v) is 8.64. The highest BCUT2D eigenvalue weighted by molar-refractivity contribution is 6.06. The highest BCUT2D eigenvalue weighted by Crippen LogP contribution is 2.33. The third-order valence-corrected chi connectivity index (χ3v) is 6.73. The number of H-pyrrole nitrogens is 1. The maximum Gasteiger partial charge on any atom is 0.255 e. The Morgan fingerprint density at radius 3 is 2.65 bits per heavy atom. The third kappa shape index (κ3) is 3.59. The van der Waals surface area contributed by atoms with E-state index in [2.05, 4.69) is 20.4 Å². The van der Waals surface area contributed by atoms with Gasteiger partial charge in [0.1, 0.15) is 6.04 Å². The second-order valence-electron chi connectivity index (χ2n) is 8.64. The summed E-state index contributed by atoms with van der Waals surface area (Å²) < 4.78 is 0. The Balaban J connectivity index is 1.28. The molecule has 0 radical (unpaired) electrons. The number of nitrogens with zero attached hydrogens (tertiary/aromatic N) is 3. The molecule has 1 aromatic heterocycles. The van der Waals surface area contributed by atoms with Crippen LogP contribution in [0.2, 0.25) is 0 Å². The molecule has 162 valence electrons. The van der Waals surface area contributed by atoms with E-state index in [0.29, 0.717) is 31.0 Å². The Kier molecular flexibility index (Phi) is 4.97. The topological polar surface area (TPSA) is 124 Å². The van der Waals surface area contributed by atoms with Crippen LogP contribution in [0.15, 0.2) is 24.4 Å². The molecule has 0 saturated carbocycles. The van der Waals surface area contributed by atoms with E-state index in [-0.39, 0.29) is 24.1 Å². The normalized spacial score (nSPS) is 22.6. The monoisotopic (exact) mass is 422 g/mol. The fraction of sp³-hybridized carbons (Fsp3) is 0.455. The van der Waals surface area contributed by atoms with Crippen LogP contribution in [0, 0.1) is 0 Å². The minimum atomic E-state index is -0.582. The van der Waals surface area contributed by atoms with Gasteiger partial charge in [-0.3, -0.25) is 29.7 Å². The molecular weight excluding hydrogens is 396 g/mol. The molecule has 3 aliphatic rings. The van der Waals surface area contributed by atoms with E-state index in [1.165, 1.54) is 0 Å². The van der Waals surface area contributed by atoms with Gasteiger partial charge in [-0.2, -0.15) is 5.10 Å². The Morgan fingerprint density at radius 2 is 1.94 bits per heavy atom. The summed E-state index contributed by atoms with van der Waals surface area (Å²) in [7, 11) is 0. The van der Waals surface area contributed by atoms with Gasteiger partial charge in [0.05, 0.1) is 17.6 Å². The summed E-state index contributed by atoms with van der Waals surface area (Å²) in [5, 5.41) is 9.42. The van der Waals surface area contributed by atoms with Gasteiger partial charge in [-0.25, -0.2) is 0 Å². The molecule has 2 aromatic rings. The summed E-state index contributed by atoms with van der Waals surface area (Å²) >= 11 is 0. The van der Waals surface area contributed by atoms with Gasteiger partial charge < -0.3 is 10.6 Å². The van der Waals surface area contributed by atoms with Gasteiger partial charge in [0.25, 0.3) is 5.91 Å². The zero-order chi connectivity index (χ0) is 21.5. The predicted molar refractivity (Wildman–Crippen MR) is 113 cm³/mol. The fourth-order valence-corrected chi connectivity index (χ4v) is 5.07. The van der Waals surface area contributed by atoms with Crippen LogP contribution in [0.3, 0.4) is 0 Å². The minimum Gasteiger partial charge on any atom is -0.396 e. The van der Waals surface area contributed by atoms with Crippen LogP contribution in [0.5, 0.6) is 0 Å². The number of carbonyl (C=O) groups excluding carboxylic acids is 3. The van der Waals surface area contributed by atoms with E-state index in [0.717, 1.165) is 48.4 Å². The highest BCUT2D eigenvalue weighted by Gasteiger charge is 2.40. The molecular formula is C22H26N6O3. The van der Waals surface area contributed by atoms with Crippen molar-refractivity contribution in [2.75, 3.05) is 18.8 Å². The molecule has 1 aromatic carbocycles. The lowest BCUT2D eigenvalue weighted by atomic mass is 9.92. The predicted octanol–water partition coefficient (Wildman–Crippen LogP) is 1.13. The van der Waals surface area contributed by atoms with E-state index < -0.39 is 6.04 Å². The first-order valence-corrected chi connectivity index (χ1v) is 10.8. The van der Waals surface area contributed by atoms with E-state index >= 15 is 0 Å². The van der Waals surface area contributed by atoms with Crippen molar-refractivity contribution in [3.63, 3.8) is 0 Å². The number of piperidine rings is 2. The van der Waals surface area contributed by atoms with Crippen LogP contribution in [0.1, 0.15) is 58.8 Å². The number of hydrogen-bond donors (Lipinski definition) is 3. The third-order valence-electron chi connectivity index (χ3n) is 6.73. The molecule has 4 heterocycles. The van der Waals surface area contributed by atoms with Crippen molar-refractivity contribution in [2.24, 2.45) is 0 Å². The van der Waals surface area contributed by atoms with Crippen molar-refractivity contribution < 1.29 is 14.4 Å². The number of carbonyl (C=O) groups is 3. The van der Waals surface area contributed by atoms with Gasteiger partial charge in [0.2, 0.25) is 11.8 Å². The Labute approximate surface area is 180 Å². The molecule has 9 heteroatoms. The van der Waals surface area contributed by atoms with Crippen LogP contribution < -0.4 is 11.1 Å². The lowest BCUT2D eigenvalue weighted by Crippen LogP contribution is -2.52. The Morgan fingerprint density at radius 1 is 1.13 bits per heavy atom. The summed E-state index contributed by atoms with van der Waals surface area (Å²) in [6.45, 7) is 2.94. The van der Waals surface area contributed by atoms with Crippen molar-refractivity contribution in [2.45, 2.75) is 50.7 Å². The van der Waals surface area contributed by atoms with Crippen molar-refractivity contribution in [1.29, 1.82) is 0 Å². The van der Waals surface area contributed by atoms with Crippen LogP contribution >= 0.6 is 0 Å². The number of benzene rings is 1. The summed E-state index contributed by atoms with van der Waals surface area (Å²) in [5.41, 5.74) is 10.4. The first-order chi connectivity index (χ1) is 15.0. The number of amides is 3. The lowest BCUT2D eigenvalue weighted by Gasteiger charge is -2.32. The van der Waals surface area contributed by atoms with Crippen LogP contribution in [0.25, 0.3) is 0 Å². The van der Waals surface area contributed by atoms with Gasteiger partial charge >= 0.3 is 0 Å². The van der Waals surface area contributed by atoms with Crippen LogP contribution in [-0.2, 0) is 22.7 Å².